The number of nitrogens with zero attached hydrogens (tertiary/aromatic N) is 2. The Bertz CT molecular complexity index is 1010. The monoisotopic (exact) mass is 458 g/mol. The molecule has 0 saturated carbocycles. The number of carbonyl (C=O) groups excluding carboxylic acids is 2. The Balaban J connectivity index is 1.57. The maximum absolute atomic E-state index is 12.0. The fourth-order valence-corrected chi connectivity index (χ4v) is 2.55. The first-order valence-electron chi connectivity index (χ1n) is 7.98. The molecule has 0 aliphatic heterocycles. The molecule has 0 bridgehead atoms. The van der Waals surface area contributed by atoms with Crippen LogP contribution in [-0.2, 0) is 9.68 Å². The topological polar surface area (TPSA) is 77.3 Å². The number of carbonyl (C=O) groups is 2. The van der Waals surface area contributed by atoms with Crippen molar-refractivity contribution in [3.63, 3.8) is 0 Å². The Morgan fingerprint density at radius 2 is 1.32 bits per heavy atom. The zero-order valence-corrected chi connectivity index (χ0v) is 16.6. The molecule has 2 aromatic rings. The van der Waals surface area contributed by atoms with Gasteiger partial charge in [-0.15, -0.1) is 0 Å². The minimum atomic E-state index is -0.664. The molecule has 0 radical (unpaired) electrons. The van der Waals surface area contributed by atoms with Crippen molar-refractivity contribution >= 4 is 50.9 Å². The fourth-order valence-electron chi connectivity index (χ4n) is 2.08. The number of halogens is 2. The molecule has 0 unspecified atom stereocenters. The maximum Gasteiger partial charge on any atom is 0.367 e. The van der Waals surface area contributed by atoms with E-state index in [2.05, 4.69) is 26.2 Å². The standard InChI is InChI=1S/C20H12BrClN2O4/c21-14-7-5-13(6-8-14)19(25)27-23-15-9-11-16(12-10-15)24-28-20(26)17-3-1-2-4-18(17)22/h1-12H. The van der Waals surface area contributed by atoms with Gasteiger partial charge in [-0.2, -0.15) is 0 Å². The van der Waals surface area contributed by atoms with Crippen molar-refractivity contribution in [2.45, 2.75) is 0 Å². The van der Waals surface area contributed by atoms with E-state index in [4.69, 9.17) is 21.3 Å². The van der Waals surface area contributed by atoms with Gasteiger partial charge in [0, 0.05) is 4.47 Å². The number of hydrogen-bond donors (Lipinski definition) is 0. The van der Waals surface area contributed by atoms with Crippen molar-refractivity contribution in [1.29, 1.82) is 0 Å². The highest BCUT2D eigenvalue weighted by atomic mass is 79.9. The lowest BCUT2D eigenvalue weighted by Gasteiger charge is -2.03. The minimum Gasteiger partial charge on any atom is -0.312 e. The van der Waals surface area contributed by atoms with Crippen LogP contribution in [0.2, 0.25) is 5.02 Å². The second-order valence-electron chi connectivity index (χ2n) is 5.44. The van der Waals surface area contributed by atoms with E-state index in [1.165, 1.54) is 0 Å². The van der Waals surface area contributed by atoms with E-state index in [1.54, 1.807) is 72.8 Å². The molecule has 0 spiro atoms. The van der Waals surface area contributed by atoms with Crippen LogP contribution in [0.5, 0.6) is 0 Å². The van der Waals surface area contributed by atoms with Gasteiger partial charge in [-0.3, -0.25) is 0 Å². The van der Waals surface area contributed by atoms with Crippen molar-refractivity contribution in [3.05, 3.63) is 93.5 Å². The molecule has 0 N–H and O–H groups in total. The molecule has 0 fully saturated rings. The van der Waals surface area contributed by atoms with E-state index in [9.17, 15) is 9.59 Å². The van der Waals surface area contributed by atoms with Crippen LogP contribution < -0.4 is 0 Å². The molecule has 0 heterocycles. The summed E-state index contributed by atoms with van der Waals surface area (Å²) in [6.45, 7) is 0. The lowest BCUT2D eigenvalue weighted by atomic mass is 10.1. The zero-order valence-electron chi connectivity index (χ0n) is 14.2. The number of oxime groups is 2. The Labute approximate surface area is 173 Å². The average Bonchev–Trinajstić information content (AvgIpc) is 2.72. The number of hydrogen-bond acceptors (Lipinski definition) is 6. The van der Waals surface area contributed by atoms with E-state index < -0.39 is 11.9 Å². The molecule has 1 aliphatic rings. The second kappa shape index (κ2) is 9.25. The van der Waals surface area contributed by atoms with Crippen LogP contribution in [0, 0.1) is 0 Å². The lowest BCUT2D eigenvalue weighted by molar-refractivity contribution is 0.0508. The third-order valence-corrected chi connectivity index (χ3v) is 4.35. The largest absolute Gasteiger partial charge is 0.367 e. The molecule has 140 valence electrons. The molecule has 0 amide bonds. The first-order valence-corrected chi connectivity index (χ1v) is 9.15. The van der Waals surface area contributed by atoms with Gasteiger partial charge in [0.15, 0.2) is 0 Å². The molecule has 6 nitrogen and oxygen atoms in total. The number of rotatable bonds is 4. The summed E-state index contributed by atoms with van der Waals surface area (Å²) >= 11 is 9.23. The molecule has 3 rings (SSSR count). The van der Waals surface area contributed by atoms with Crippen molar-refractivity contribution in [2.75, 3.05) is 0 Å². The molecule has 0 aromatic heterocycles. The smallest absolute Gasteiger partial charge is 0.312 e. The third-order valence-electron chi connectivity index (χ3n) is 3.49. The average molecular weight is 460 g/mol. The van der Waals surface area contributed by atoms with Gasteiger partial charge >= 0.3 is 11.9 Å². The maximum atomic E-state index is 12.0. The van der Waals surface area contributed by atoms with Gasteiger partial charge in [0.25, 0.3) is 0 Å². The number of benzene rings is 2. The fraction of sp³-hybridized carbons (Fsp3) is 0. The van der Waals surface area contributed by atoms with Crippen LogP contribution in [0.3, 0.4) is 0 Å². The molecular weight excluding hydrogens is 448 g/mol. The van der Waals surface area contributed by atoms with E-state index in [0.29, 0.717) is 17.0 Å². The normalized spacial score (nSPS) is 12.5. The van der Waals surface area contributed by atoms with Crippen LogP contribution in [-0.4, -0.2) is 23.4 Å². The highest BCUT2D eigenvalue weighted by molar-refractivity contribution is 9.10. The second-order valence-corrected chi connectivity index (χ2v) is 6.77. The highest BCUT2D eigenvalue weighted by Gasteiger charge is 2.12. The van der Waals surface area contributed by atoms with Crippen LogP contribution in [0.25, 0.3) is 0 Å². The minimum absolute atomic E-state index is 0.222. The molecule has 0 atom stereocenters. The summed E-state index contributed by atoms with van der Waals surface area (Å²) in [7, 11) is 0. The molecular formula is C20H12BrClN2O4. The summed E-state index contributed by atoms with van der Waals surface area (Å²) in [4.78, 5) is 33.7. The summed E-state index contributed by atoms with van der Waals surface area (Å²) in [5.41, 5.74) is 1.39. The lowest BCUT2D eigenvalue weighted by Crippen LogP contribution is -2.07. The first-order chi connectivity index (χ1) is 13.5. The first kappa shape index (κ1) is 19.7. The predicted molar refractivity (Wildman–Crippen MR) is 110 cm³/mol. The summed E-state index contributed by atoms with van der Waals surface area (Å²) in [6, 6.07) is 13.2. The van der Waals surface area contributed by atoms with Crippen molar-refractivity contribution < 1.29 is 19.3 Å². The van der Waals surface area contributed by atoms with Gasteiger partial charge in [0.2, 0.25) is 0 Å². The highest BCUT2D eigenvalue weighted by Crippen LogP contribution is 2.16. The zero-order chi connectivity index (χ0) is 19.9. The van der Waals surface area contributed by atoms with Gasteiger partial charge < -0.3 is 9.68 Å². The van der Waals surface area contributed by atoms with Crippen LogP contribution in [0.15, 0.2) is 87.6 Å². The van der Waals surface area contributed by atoms with Crippen LogP contribution >= 0.6 is 27.5 Å². The molecule has 2 aromatic carbocycles. The van der Waals surface area contributed by atoms with E-state index in [-0.39, 0.29) is 10.6 Å². The Morgan fingerprint density at radius 1 is 0.786 bits per heavy atom. The van der Waals surface area contributed by atoms with Gasteiger partial charge in [-0.25, -0.2) is 9.59 Å². The van der Waals surface area contributed by atoms with E-state index in [1.807, 2.05) is 0 Å². The Kier molecular flexibility index (Phi) is 6.52. The van der Waals surface area contributed by atoms with Crippen LogP contribution in [0.4, 0.5) is 0 Å². The summed E-state index contributed by atoms with van der Waals surface area (Å²) in [5.74, 6) is -1.24. The van der Waals surface area contributed by atoms with Gasteiger partial charge in [0.1, 0.15) is 11.4 Å². The summed E-state index contributed by atoms with van der Waals surface area (Å²) in [5, 5.41) is 7.81. The van der Waals surface area contributed by atoms with Gasteiger partial charge in [-0.1, -0.05) is 50.0 Å². The Morgan fingerprint density at radius 3 is 1.89 bits per heavy atom. The summed E-state index contributed by atoms with van der Waals surface area (Å²) in [6.07, 6.45) is 6.26. The predicted octanol–water partition coefficient (Wildman–Crippen LogP) is 4.95. The summed E-state index contributed by atoms with van der Waals surface area (Å²) < 4.78 is 0.857. The molecule has 1 aliphatic carbocycles. The van der Waals surface area contributed by atoms with E-state index >= 15 is 0 Å². The molecule has 8 heteroatoms. The van der Waals surface area contributed by atoms with Crippen molar-refractivity contribution in [3.8, 4) is 0 Å². The Hall–Kier alpha value is -3.03. The van der Waals surface area contributed by atoms with Gasteiger partial charge in [-0.05, 0) is 60.7 Å². The number of allylic oxidation sites excluding steroid dienone is 4. The van der Waals surface area contributed by atoms with Crippen molar-refractivity contribution in [2.24, 2.45) is 10.3 Å². The van der Waals surface area contributed by atoms with Gasteiger partial charge in [0.05, 0.1) is 16.1 Å². The van der Waals surface area contributed by atoms with Crippen molar-refractivity contribution in [1.82, 2.24) is 0 Å². The van der Waals surface area contributed by atoms with Crippen LogP contribution in [0.1, 0.15) is 20.7 Å². The quantitative estimate of drug-likeness (QED) is 0.368. The third kappa shape index (κ3) is 5.25. The molecule has 28 heavy (non-hydrogen) atoms. The molecule has 0 saturated heterocycles. The SMILES string of the molecule is O=C(ON=C1C=CC(=NOC(=O)c2ccccc2Cl)C=C1)c1ccc(Br)cc1. The van der Waals surface area contributed by atoms with E-state index in [0.717, 1.165) is 4.47 Å².